The van der Waals surface area contributed by atoms with Crippen LogP contribution in [-0.2, 0) is 0 Å². The average Bonchev–Trinajstić information content (AvgIpc) is 2.51. The van der Waals surface area contributed by atoms with Gasteiger partial charge in [-0.3, -0.25) is 4.79 Å². The summed E-state index contributed by atoms with van der Waals surface area (Å²) in [5.41, 5.74) is 1.27. The molecule has 2 nitrogen and oxygen atoms in total. The van der Waals surface area contributed by atoms with Crippen LogP contribution in [0.5, 0.6) is 0 Å². The van der Waals surface area contributed by atoms with E-state index in [4.69, 9.17) is 11.6 Å². The van der Waals surface area contributed by atoms with E-state index in [0.29, 0.717) is 20.7 Å². The maximum Gasteiger partial charge on any atom is 0.255 e. The molecule has 3 aromatic rings. The third-order valence-electron chi connectivity index (χ3n) is 3.21. The van der Waals surface area contributed by atoms with E-state index in [0.717, 1.165) is 10.8 Å². The van der Waals surface area contributed by atoms with E-state index in [-0.39, 0.29) is 5.91 Å². The Balaban J connectivity index is 1.91. The zero-order valence-electron chi connectivity index (χ0n) is 10.9. The van der Waals surface area contributed by atoms with Gasteiger partial charge in [-0.25, -0.2) is 0 Å². The van der Waals surface area contributed by atoms with E-state index >= 15 is 0 Å². The molecule has 1 amide bonds. The number of halogens is 2. The van der Waals surface area contributed by atoms with E-state index in [1.807, 2.05) is 42.5 Å². The number of nitrogens with one attached hydrogen (secondary N) is 1. The van der Waals surface area contributed by atoms with Crippen molar-refractivity contribution in [3.05, 3.63) is 75.7 Å². The Bertz CT molecular complexity index is 832. The van der Waals surface area contributed by atoms with Gasteiger partial charge in [-0.2, -0.15) is 0 Å². The highest BCUT2D eigenvalue weighted by molar-refractivity contribution is 9.10. The number of amides is 1. The zero-order chi connectivity index (χ0) is 14.8. The number of anilines is 1. The summed E-state index contributed by atoms with van der Waals surface area (Å²) in [4.78, 5) is 12.3. The molecule has 0 spiro atoms. The zero-order valence-corrected chi connectivity index (χ0v) is 13.3. The Morgan fingerprint density at radius 3 is 2.52 bits per heavy atom. The molecule has 0 aliphatic heterocycles. The first kappa shape index (κ1) is 14.1. The van der Waals surface area contributed by atoms with E-state index in [1.54, 1.807) is 18.2 Å². The van der Waals surface area contributed by atoms with Crippen LogP contribution < -0.4 is 5.32 Å². The van der Waals surface area contributed by atoms with Crippen LogP contribution in [0.15, 0.2) is 65.1 Å². The molecule has 0 fully saturated rings. The maximum atomic E-state index is 12.3. The van der Waals surface area contributed by atoms with E-state index in [2.05, 4.69) is 21.2 Å². The minimum atomic E-state index is -0.163. The molecular weight excluding hydrogens is 350 g/mol. The largest absolute Gasteiger partial charge is 0.321 e. The molecule has 104 valence electrons. The molecule has 0 aliphatic carbocycles. The van der Waals surface area contributed by atoms with Gasteiger partial charge in [-0.05, 0) is 51.0 Å². The van der Waals surface area contributed by atoms with Gasteiger partial charge in [0.25, 0.3) is 5.91 Å². The fraction of sp³-hybridized carbons (Fsp3) is 0. The van der Waals surface area contributed by atoms with Gasteiger partial charge < -0.3 is 5.32 Å². The van der Waals surface area contributed by atoms with E-state index in [9.17, 15) is 4.79 Å². The van der Waals surface area contributed by atoms with E-state index in [1.165, 1.54) is 0 Å². The van der Waals surface area contributed by atoms with Crippen molar-refractivity contribution in [3.8, 4) is 0 Å². The first-order valence-corrected chi connectivity index (χ1v) is 7.56. The molecule has 3 rings (SSSR count). The number of hydrogen-bond acceptors (Lipinski definition) is 1. The van der Waals surface area contributed by atoms with Crippen molar-refractivity contribution >= 4 is 49.9 Å². The standard InChI is InChI=1S/C17H11BrClNO/c18-16-14(19)6-3-7-15(16)20-17(21)13-9-8-11-4-1-2-5-12(11)10-13/h1-10H,(H,20,21). The molecule has 0 saturated carbocycles. The second kappa shape index (κ2) is 5.88. The molecule has 3 aromatic carbocycles. The molecule has 0 aliphatic rings. The van der Waals surface area contributed by atoms with Crippen LogP contribution in [0.2, 0.25) is 5.02 Å². The molecule has 0 saturated heterocycles. The number of fused-ring (bicyclic) bond motifs is 1. The highest BCUT2D eigenvalue weighted by Crippen LogP contribution is 2.30. The van der Waals surface area contributed by atoms with Gasteiger partial charge in [0.15, 0.2) is 0 Å². The van der Waals surface area contributed by atoms with Gasteiger partial charge in [-0.1, -0.05) is 48.0 Å². The Hall–Kier alpha value is -1.84. The Morgan fingerprint density at radius 1 is 0.952 bits per heavy atom. The maximum absolute atomic E-state index is 12.3. The SMILES string of the molecule is O=C(Nc1cccc(Cl)c1Br)c1ccc2ccccc2c1. The Labute approximate surface area is 135 Å². The van der Waals surface area contributed by atoms with Gasteiger partial charge in [0.2, 0.25) is 0 Å². The van der Waals surface area contributed by atoms with Crippen molar-refractivity contribution < 1.29 is 4.79 Å². The predicted octanol–water partition coefficient (Wildman–Crippen LogP) is 5.51. The lowest BCUT2D eigenvalue weighted by Gasteiger charge is -2.09. The van der Waals surface area contributed by atoms with Crippen LogP contribution in [0, 0.1) is 0 Å². The van der Waals surface area contributed by atoms with Gasteiger partial charge in [-0.15, -0.1) is 0 Å². The summed E-state index contributed by atoms with van der Waals surface area (Å²) in [5.74, 6) is -0.163. The highest BCUT2D eigenvalue weighted by atomic mass is 79.9. The summed E-state index contributed by atoms with van der Waals surface area (Å²) in [6, 6.07) is 18.9. The van der Waals surface area contributed by atoms with Crippen LogP contribution in [0.4, 0.5) is 5.69 Å². The lowest BCUT2D eigenvalue weighted by Crippen LogP contribution is -2.12. The summed E-state index contributed by atoms with van der Waals surface area (Å²) in [7, 11) is 0. The summed E-state index contributed by atoms with van der Waals surface area (Å²) < 4.78 is 0.681. The summed E-state index contributed by atoms with van der Waals surface area (Å²) in [5, 5.41) is 5.57. The monoisotopic (exact) mass is 359 g/mol. The first-order chi connectivity index (χ1) is 10.1. The molecule has 0 bridgehead atoms. The topological polar surface area (TPSA) is 29.1 Å². The smallest absolute Gasteiger partial charge is 0.255 e. The van der Waals surface area contributed by atoms with Crippen molar-refractivity contribution in [2.45, 2.75) is 0 Å². The van der Waals surface area contributed by atoms with Crippen LogP contribution in [0.25, 0.3) is 10.8 Å². The lowest BCUT2D eigenvalue weighted by molar-refractivity contribution is 0.102. The minimum Gasteiger partial charge on any atom is -0.321 e. The molecule has 0 radical (unpaired) electrons. The van der Waals surface area contributed by atoms with Crippen molar-refractivity contribution in [2.75, 3.05) is 5.32 Å². The lowest BCUT2D eigenvalue weighted by atomic mass is 10.1. The van der Waals surface area contributed by atoms with Crippen LogP contribution in [0.3, 0.4) is 0 Å². The predicted molar refractivity (Wildman–Crippen MR) is 91.1 cm³/mol. The van der Waals surface area contributed by atoms with Crippen molar-refractivity contribution in [1.29, 1.82) is 0 Å². The molecule has 4 heteroatoms. The quantitative estimate of drug-likeness (QED) is 0.641. The normalized spacial score (nSPS) is 10.6. The van der Waals surface area contributed by atoms with Crippen molar-refractivity contribution in [3.63, 3.8) is 0 Å². The summed E-state index contributed by atoms with van der Waals surface area (Å²) in [6.07, 6.45) is 0. The Morgan fingerprint density at radius 2 is 1.71 bits per heavy atom. The molecule has 21 heavy (non-hydrogen) atoms. The van der Waals surface area contributed by atoms with Crippen molar-refractivity contribution in [1.82, 2.24) is 0 Å². The van der Waals surface area contributed by atoms with Gasteiger partial charge in [0.05, 0.1) is 15.2 Å². The Kier molecular flexibility index (Phi) is 3.95. The highest BCUT2D eigenvalue weighted by Gasteiger charge is 2.10. The van der Waals surface area contributed by atoms with E-state index < -0.39 is 0 Å². The fourth-order valence-electron chi connectivity index (χ4n) is 2.13. The van der Waals surface area contributed by atoms with Crippen LogP contribution >= 0.6 is 27.5 Å². The van der Waals surface area contributed by atoms with Gasteiger partial charge in [0.1, 0.15) is 0 Å². The molecule has 1 N–H and O–H groups in total. The minimum absolute atomic E-state index is 0.163. The third-order valence-corrected chi connectivity index (χ3v) is 4.61. The van der Waals surface area contributed by atoms with Crippen molar-refractivity contribution in [2.24, 2.45) is 0 Å². The second-order valence-electron chi connectivity index (χ2n) is 4.62. The fourth-order valence-corrected chi connectivity index (χ4v) is 2.66. The number of hydrogen-bond donors (Lipinski definition) is 1. The molecule has 0 aromatic heterocycles. The molecule has 0 unspecified atom stereocenters. The van der Waals surface area contributed by atoms with Crippen LogP contribution in [0.1, 0.15) is 10.4 Å². The number of rotatable bonds is 2. The number of carbonyl (C=O) groups is 1. The van der Waals surface area contributed by atoms with Gasteiger partial charge >= 0.3 is 0 Å². The first-order valence-electron chi connectivity index (χ1n) is 6.39. The second-order valence-corrected chi connectivity index (χ2v) is 5.82. The summed E-state index contributed by atoms with van der Waals surface area (Å²) >= 11 is 9.40. The molecule has 0 atom stereocenters. The third kappa shape index (κ3) is 2.94. The molecule has 0 heterocycles. The number of carbonyl (C=O) groups excluding carboxylic acids is 1. The van der Waals surface area contributed by atoms with Crippen LogP contribution in [-0.4, -0.2) is 5.91 Å². The van der Waals surface area contributed by atoms with Gasteiger partial charge in [0, 0.05) is 5.56 Å². The average molecular weight is 361 g/mol. The number of benzene rings is 3. The summed E-state index contributed by atoms with van der Waals surface area (Å²) in [6.45, 7) is 0. The molecular formula is C17H11BrClNO.